The summed E-state index contributed by atoms with van der Waals surface area (Å²) in [7, 11) is 0. The molecule has 1 atom stereocenters. The Morgan fingerprint density at radius 1 is 0.655 bits per heavy atom. The molecule has 0 aliphatic heterocycles. The highest BCUT2D eigenvalue weighted by Gasteiger charge is 2.17. The lowest BCUT2D eigenvalue weighted by molar-refractivity contribution is 0.402. The van der Waals surface area contributed by atoms with Gasteiger partial charge in [0.1, 0.15) is 5.75 Å². The fourth-order valence-electron chi connectivity index (χ4n) is 4.02. The van der Waals surface area contributed by atoms with E-state index in [2.05, 4.69) is 26.0 Å². The highest BCUT2D eigenvalue weighted by molar-refractivity contribution is 5.45. The second kappa shape index (κ2) is 14.1. The summed E-state index contributed by atoms with van der Waals surface area (Å²) in [6, 6.07) is 15.6. The quantitative estimate of drug-likeness (QED) is 0.304. The second-order valence-corrected chi connectivity index (χ2v) is 8.21. The van der Waals surface area contributed by atoms with Crippen molar-refractivity contribution < 1.29 is 9.84 Å². The van der Waals surface area contributed by atoms with Crippen LogP contribution >= 0.6 is 0 Å². The van der Waals surface area contributed by atoms with E-state index in [0.717, 1.165) is 5.75 Å². The van der Waals surface area contributed by atoms with Crippen LogP contribution in [0.2, 0.25) is 0 Å². The van der Waals surface area contributed by atoms with Gasteiger partial charge >= 0.3 is 0 Å². The number of unbranched alkanes of at least 4 members (excludes halogenated alkanes) is 8. The van der Waals surface area contributed by atoms with Gasteiger partial charge < -0.3 is 9.84 Å². The molecule has 1 N–H and O–H groups in total. The predicted octanol–water partition coefficient (Wildman–Crippen LogP) is 8.99. The zero-order valence-electron chi connectivity index (χ0n) is 18.5. The molecule has 0 radical (unpaired) electrons. The summed E-state index contributed by atoms with van der Waals surface area (Å²) in [6.45, 7) is 4.54. The Labute approximate surface area is 178 Å². The molecule has 0 fully saturated rings. The van der Waals surface area contributed by atoms with Gasteiger partial charge in [-0.2, -0.15) is 0 Å². The number of aromatic hydroxyl groups is 1. The van der Waals surface area contributed by atoms with E-state index in [9.17, 15) is 5.11 Å². The number of para-hydroxylation sites is 3. The van der Waals surface area contributed by atoms with E-state index in [4.69, 9.17) is 4.74 Å². The van der Waals surface area contributed by atoms with Gasteiger partial charge in [-0.15, -0.1) is 0 Å². The van der Waals surface area contributed by atoms with Crippen LogP contribution in [0.5, 0.6) is 17.2 Å². The van der Waals surface area contributed by atoms with E-state index in [-0.39, 0.29) is 5.75 Å². The van der Waals surface area contributed by atoms with Crippen LogP contribution in [0.15, 0.2) is 48.5 Å². The van der Waals surface area contributed by atoms with Crippen molar-refractivity contribution in [1.82, 2.24) is 0 Å². The second-order valence-electron chi connectivity index (χ2n) is 8.21. The maximum absolute atomic E-state index is 10.1. The Hall–Kier alpha value is -1.96. The van der Waals surface area contributed by atoms with Gasteiger partial charge in [0, 0.05) is 0 Å². The number of ether oxygens (including phenoxy) is 1. The molecule has 0 aliphatic carbocycles. The van der Waals surface area contributed by atoms with Crippen molar-refractivity contribution in [1.29, 1.82) is 0 Å². The number of hydrogen-bond acceptors (Lipinski definition) is 2. The number of hydrogen-bond donors (Lipinski definition) is 1. The molecule has 0 bridgehead atoms. The minimum atomic E-state index is 0.192. The van der Waals surface area contributed by atoms with E-state index < -0.39 is 0 Å². The Bertz CT molecular complexity index is 680. The van der Waals surface area contributed by atoms with Crippen LogP contribution < -0.4 is 4.74 Å². The summed E-state index contributed by atoms with van der Waals surface area (Å²) >= 11 is 0. The SMILES string of the molecule is CCCCCCCCCC(CCCCC)c1ccccc1Oc1ccccc1O. The van der Waals surface area contributed by atoms with Gasteiger partial charge in [-0.1, -0.05) is 108 Å². The molecule has 2 heteroatoms. The first-order chi connectivity index (χ1) is 14.3. The average molecular weight is 397 g/mol. The third-order valence-electron chi connectivity index (χ3n) is 5.76. The van der Waals surface area contributed by atoms with Crippen molar-refractivity contribution in [2.75, 3.05) is 0 Å². The van der Waals surface area contributed by atoms with Gasteiger partial charge in [-0.3, -0.25) is 0 Å². The molecule has 0 spiro atoms. The van der Waals surface area contributed by atoms with Gasteiger partial charge in [0.05, 0.1) is 0 Å². The van der Waals surface area contributed by atoms with Crippen molar-refractivity contribution in [3.8, 4) is 17.2 Å². The van der Waals surface area contributed by atoms with Gasteiger partial charge in [0.2, 0.25) is 0 Å². The monoisotopic (exact) mass is 396 g/mol. The average Bonchev–Trinajstić information content (AvgIpc) is 2.74. The number of phenols is 1. The normalized spacial score (nSPS) is 12.1. The van der Waals surface area contributed by atoms with Crippen molar-refractivity contribution in [3.05, 3.63) is 54.1 Å². The van der Waals surface area contributed by atoms with E-state index in [1.54, 1.807) is 6.07 Å². The molecular weight excluding hydrogens is 356 g/mol. The molecule has 0 saturated carbocycles. The maximum Gasteiger partial charge on any atom is 0.169 e. The highest BCUT2D eigenvalue weighted by Crippen LogP contribution is 2.38. The van der Waals surface area contributed by atoms with Crippen molar-refractivity contribution in [2.24, 2.45) is 0 Å². The first kappa shape index (κ1) is 23.3. The molecule has 0 amide bonds. The number of phenolic OH excluding ortho intramolecular Hbond substituents is 1. The summed E-state index contributed by atoms with van der Waals surface area (Å²) < 4.78 is 6.15. The number of rotatable bonds is 15. The van der Waals surface area contributed by atoms with E-state index in [1.165, 1.54) is 82.6 Å². The minimum Gasteiger partial charge on any atom is -0.504 e. The molecule has 160 valence electrons. The smallest absolute Gasteiger partial charge is 0.169 e. The minimum absolute atomic E-state index is 0.192. The van der Waals surface area contributed by atoms with Gasteiger partial charge in [0.25, 0.3) is 0 Å². The van der Waals surface area contributed by atoms with E-state index in [1.807, 2.05) is 30.3 Å². The molecule has 0 aromatic heterocycles. The third-order valence-corrected chi connectivity index (χ3v) is 5.76. The molecule has 29 heavy (non-hydrogen) atoms. The van der Waals surface area contributed by atoms with Crippen LogP contribution in [0.3, 0.4) is 0 Å². The first-order valence-electron chi connectivity index (χ1n) is 11.8. The largest absolute Gasteiger partial charge is 0.504 e. The van der Waals surface area contributed by atoms with Gasteiger partial charge in [-0.05, 0) is 42.5 Å². The van der Waals surface area contributed by atoms with Crippen LogP contribution in [-0.2, 0) is 0 Å². The Morgan fingerprint density at radius 3 is 1.86 bits per heavy atom. The number of benzene rings is 2. The zero-order chi connectivity index (χ0) is 20.7. The topological polar surface area (TPSA) is 29.5 Å². The van der Waals surface area contributed by atoms with E-state index in [0.29, 0.717) is 11.7 Å². The van der Waals surface area contributed by atoms with Crippen molar-refractivity contribution in [3.63, 3.8) is 0 Å². The molecule has 2 aromatic carbocycles. The predicted molar refractivity (Wildman–Crippen MR) is 124 cm³/mol. The van der Waals surface area contributed by atoms with Crippen LogP contribution in [-0.4, -0.2) is 5.11 Å². The molecule has 0 saturated heterocycles. The highest BCUT2D eigenvalue weighted by atomic mass is 16.5. The standard InChI is InChI=1S/C27H40O2/c1-3-5-7-8-9-10-12-18-23(17-11-6-4-2)24-19-13-15-21-26(24)29-27-22-16-14-20-25(27)28/h13-16,19-23,28H,3-12,17-18H2,1-2H3. The van der Waals surface area contributed by atoms with E-state index >= 15 is 0 Å². The summed E-state index contributed by atoms with van der Waals surface area (Å²) in [6.07, 6.45) is 15.7. The Morgan fingerprint density at radius 2 is 1.17 bits per heavy atom. The maximum atomic E-state index is 10.1. The molecule has 2 rings (SSSR count). The summed E-state index contributed by atoms with van der Waals surface area (Å²) in [5, 5.41) is 10.1. The third kappa shape index (κ3) is 8.51. The molecule has 1 unspecified atom stereocenters. The lowest BCUT2D eigenvalue weighted by Crippen LogP contribution is -2.02. The van der Waals surface area contributed by atoms with Crippen LogP contribution in [0.4, 0.5) is 0 Å². The first-order valence-corrected chi connectivity index (χ1v) is 11.8. The van der Waals surface area contributed by atoms with Crippen LogP contribution in [0.25, 0.3) is 0 Å². The van der Waals surface area contributed by atoms with Crippen molar-refractivity contribution in [2.45, 2.75) is 96.8 Å². The lowest BCUT2D eigenvalue weighted by Gasteiger charge is -2.21. The fraction of sp³-hybridized carbons (Fsp3) is 0.556. The van der Waals surface area contributed by atoms with Crippen LogP contribution in [0.1, 0.15) is 102 Å². The van der Waals surface area contributed by atoms with Gasteiger partial charge in [-0.25, -0.2) is 0 Å². The fourth-order valence-corrected chi connectivity index (χ4v) is 4.02. The molecule has 0 aliphatic rings. The van der Waals surface area contributed by atoms with Gasteiger partial charge in [0.15, 0.2) is 11.5 Å². The molecule has 0 heterocycles. The molecular formula is C27H40O2. The van der Waals surface area contributed by atoms with Crippen LogP contribution in [0, 0.1) is 0 Å². The van der Waals surface area contributed by atoms with Crippen molar-refractivity contribution >= 4 is 0 Å². The lowest BCUT2D eigenvalue weighted by atomic mass is 9.87. The Kier molecular flexibility index (Phi) is 11.3. The summed E-state index contributed by atoms with van der Waals surface area (Å²) in [5.74, 6) is 2.14. The zero-order valence-corrected chi connectivity index (χ0v) is 18.5. The summed E-state index contributed by atoms with van der Waals surface area (Å²) in [4.78, 5) is 0. The molecule has 2 nitrogen and oxygen atoms in total. The molecule has 2 aromatic rings. The summed E-state index contributed by atoms with van der Waals surface area (Å²) in [5.41, 5.74) is 1.29. The Balaban J connectivity index is 2.02.